The van der Waals surface area contributed by atoms with Crippen LogP contribution in [0.5, 0.6) is 5.75 Å². The lowest BCUT2D eigenvalue weighted by molar-refractivity contribution is 0.102. The number of rotatable bonds is 8. The number of carbonyl (C=O) groups is 1. The molecule has 3 heterocycles. The predicted molar refractivity (Wildman–Crippen MR) is 130 cm³/mol. The van der Waals surface area contributed by atoms with Crippen molar-refractivity contribution in [2.24, 2.45) is 0 Å². The zero-order valence-corrected chi connectivity index (χ0v) is 19.8. The minimum Gasteiger partial charge on any atom is -0.496 e. The van der Waals surface area contributed by atoms with Crippen LogP contribution in [0.15, 0.2) is 49.2 Å². The lowest BCUT2D eigenvalue weighted by atomic mass is 10.1. The van der Waals surface area contributed by atoms with Crippen LogP contribution in [0.2, 0.25) is 0 Å². The fraction of sp³-hybridized carbons (Fsp3) is 0.320. The Morgan fingerprint density at radius 3 is 2.86 bits per heavy atom. The van der Waals surface area contributed by atoms with Crippen molar-refractivity contribution in [2.75, 3.05) is 19.0 Å². The highest BCUT2D eigenvalue weighted by molar-refractivity contribution is 6.06. The lowest BCUT2D eigenvalue weighted by Gasteiger charge is -2.15. The number of amides is 1. The van der Waals surface area contributed by atoms with Gasteiger partial charge in [0.15, 0.2) is 5.82 Å². The average molecular weight is 474 g/mol. The van der Waals surface area contributed by atoms with Gasteiger partial charge in [-0.15, -0.1) is 0 Å². The van der Waals surface area contributed by atoms with Gasteiger partial charge in [0.1, 0.15) is 23.6 Å². The first-order valence-electron chi connectivity index (χ1n) is 11.5. The smallest absolute Gasteiger partial charge is 0.260 e. The van der Waals surface area contributed by atoms with Crippen LogP contribution < -0.4 is 10.1 Å². The SMILES string of the molecule is COc1cc(C)c(-n2cnc(C3CC3)c2)cc1C(=O)Nc1cccc(-c2ncnn2[C@H](C)CO)n1. The van der Waals surface area contributed by atoms with Gasteiger partial charge in [0.25, 0.3) is 5.91 Å². The average Bonchev–Trinajstić information content (AvgIpc) is 3.39. The van der Waals surface area contributed by atoms with Crippen molar-refractivity contribution in [3.8, 4) is 23.0 Å². The third-order valence-corrected chi connectivity index (χ3v) is 6.11. The molecule has 1 aromatic carbocycles. The molecule has 1 aliphatic carbocycles. The highest BCUT2D eigenvalue weighted by Gasteiger charge is 2.26. The molecule has 2 N–H and O–H groups in total. The van der Waals surface area contributed by atoms with E-state index in [1.165, 1.54) is 19.2 Å². The van der Waals surface area contributed by atoms with Crippen LogP contribution in [0.4, 0.5) is 5.82 Å². The third-order valence-electron chi connectivity index (χ3n) is 6.11. The molecule has 10 heteroatoms. The molecule has 1 amide bonds. The summed E-state index contributed by atoms with van der Waals surface area (Å²) in [5, 5.41) is 16.5. The first kappa shape index (κ1) is 22.7. The van der Waals surface area contributed by atoms with E-state index < -0.39 is 0 Å². The predicted octanol–water partition coefficient (Wildman–Crippen LogP) is 3.53. The van der Waals surface area contributed by atoms with Gasteiger partial charge in [-0.25, -0.2) is 19.6 Å². The lowest BCUT2D eigenvalue weighted by Crippen LogP contribution is -2.16. The molecule has 0 unspecified atom stereocenters. The summed E-state index contributed by atoms with van der Waals surface area (Å²) in [5.74, 6) is 1.53. The molecule has 0 radical (unpaired) electrons. The van der Waals surface area contributed by atoms with Crippen LogP contribution in [-0.2, 0) is 0 Å². The molecule has 3 aromatic heterocycles. The van der Waals surface area contributed by atoms with Gasteiger partial charge in [0.2, 0.25) is 0 Å². The van der Waals surface area contributed by atoms with E-state index in [-0.39, 0.29) is 18.6 Å². The number of pyridine rings is 1. The number of nitrogens with zero attached hydrogens (tertiary/aromatic N) is 6. The van der Waals surface area contributed by atoms with Crippen LogP contribution in [0.25, 0.3) is 17.2 Å². The molecule has 5 rings (SSSR count). The monoisotopic (exact) mass is 473 g/mol. The Bertz CT molecular complexity index is 1370. The van der Waals surface area contributed by atoms with E-state index in [1.807, 2.05) is 36.7 Å². The summed E-state index contributed by atoms with van der Waals surface area (Å²) < 4.78 is 9.07. The molecular weight excluding hydrogens is 446 g/mol. The number of aromatic nitrogens is 6. The van der Waals surface area contributed by atoms with Crippen molar-refractivity contribution in [2.45, 2.75) is 38.6 Å². The summed E-state index contributed by atoms with van der Waals surface area (Å²) in [6.45, 7) is 3.73. The van der Waals surface area contributed by atoms with Crippen LogP contribution in [-0.4, -0.2) is 54.0 Å². The van der Waals surface area contributed by atoms with Crippen LogP contribution in [0.1, 0.15) is 53.3 Å². The number of nitrogens with one attached hydrogen (secondary N) is 1. The van der Waals surface area contributed by atoms with Crippen molar-refractivity contribution in [1.29, 1.82) is 0 Å². The highest BCUT2D eigenvalue weighted by Crippen LogP contribution is 2.39. The van der Waals surface area contributed by atoms with E-state index in [4.69, 9.17) is 4.74 Å². The van der Waals surface area contributed by atoms with Crippen molar-refractivity contribution in [3.63, 3.8) is 0 Å². The number of hydrogen-bond acceptors (Lipinski definition) is 7. The molecule has 1 saturated carbocycles. The number of imidazole rings is 1. The zero-order chi connectivity index (χ0) is 24.5. The van der Waals surface area contributed by atoms with Crippen LogP contribution >= 0.6 is 0 Å². The van der Waals surface area contributed by atoms with Crippen molar-refractivity contribution < 1.29 is 14.6 Å². The fourth-order valence-corrected chi connectivity index (χ4v) is 4.00. The first-order valence-corrected chi connectivity index (χ1v) is 11.5. The molecule has 0 bridgehead atoms. The van der Waals surface area contributed by atoms with Gasteiger partial charge in [0, 0.05) is 12.1 Å². The summed E-state index contributed by atoms with van der Waals surface area (Å²) >= 11 is 0. The largest absolute Gasteiger partial charge is 0.496 e. The number of carbonyl (C=O) groups excluding carboxylic acids is 1. The molecule has 180 valence electrons. The summed E-state index contributed by atoms with van der Waals surface area (Å²) in [7, 11) is 1.54. The van der Waals surface area contributed by atoms with Gasteiger partial charge < -0.3 is 19.7 Å². The fourth-order valence-electron chi connectivity index (χ4n) is 4.00. The minimum atomic E-state index is -0.347. The number of methoxy groups -OCH3 is 1. The second-order valence-electron chi connectivity index (χ2n) is 8.74. The maximum atomic E-state index is 13.3. The Morgan fingerprint density at radius 1 is 1.29 bits per heavy atom. The summed E-state index contributed by atoms with van der Waals surface area (Å²) in [5.41, 5.74) is 3.83. The summed E-state index contributed by atoms with van der Waals surface area (Å²) in [6, 6.07) is 8.67. The number of aryl methyl sites for hydroxylation is 1. The zero-order valence-electron chi connectivity index (χ0n) is 19.8. The van der Waals surface area contributed by atoms with Gasteiger partial charge >= 0.3 is 0 Å². The first-order chi connectivity index (χ1) is 17.0. The molecule has 0 spiro atoms. The van der Waals surface area contributed by atoms with Crippen LogP contribution in [0.3, 0.4) is 0 Å². The Labute approximate surface area is 202 Å². The number of anilines is 1. The normalized spacial score (nSPS) is 14.1. The molecular formula is C25H27N7O3. The minimum absolute atomic E-state index is 0.0819. The van der Waals surface area contributed by atoms with E-state index in [2.05, 4.69) is 25.4 Å². The van der Waals surface area contributed by atoms with Crippen molar-refractivity contribution in [1.82, 2.24) is 29.3 Å². The highest BCUT2D eigenvalue weighted by atomic mass is 16.5. The maximum absolute atomic E-state index is 13.3. The topological polar surface area (TPSA) is 120 Å². The van der Waals surface area contributed by atoms with E-state index in [0.29, 0.717) is 34.6 Å². The van der Waals surface area contributed by atoms with Crippen molar-refractivity contribution in [3.05, 3.63) is 66.0 Å². The van der Waals surface area contributed by atoms with Gasteiger partial charge in [-0.1, -0.05) is 6.07 Å². The quantitative estimate of drug-likeness (QED) is 0.402. The number of aliphatic hydroxyl groups excluding tert-OH is 1. The number of aliphatic hydroxyl groups is 1. The molecule has 1 aliphatic rings. The van der Waals surface area contributed by atoms with E-state index >= 15 is 0 Å². The summed E-state index contributed by atoms with van der Waals surface area (Å²) in [6.07, 6.45) is 7.58. The second-order valence-corrected chi connectivity index (χ2v) is 8.74. The Balaban J connectivity index is 1.44. The molecule has 35 heavy (non-hydrogen) atoms. The van der Waals surface area contributed by atoms with Gasteiger partial charge in [0.05, 0.1) is 43.0 Å². The van der Waals surface area contributed by atoms with Gasteiger partial charge in [-0.2, -0.15) is 5.10 Å². The Morgan fingerprint density at radius 2 is 2.11 bits per heavy atom. The number of benzene rings is 1. The maximum Gasteiger partial charge on any atom is 0.260 e. The molecule has 4 aromatic rings. The molecule has 1 atom stereocenters. The van der Waals surface area contributed by atoms with E-state index in [1.54, 1.807) is 36.3 Å². The number of ether oxygens (including phenoxy) is 1. The summed E-state index contributed by atoms with van der Waals surface area (Å²) in [4.78, 5) is 26.7. The van der Waals surface area contributed by atoms with Crippen molar-refractivity contribution >= 4 is 11.7 Å². The second kappa shape index (κ2) is 9.30. The standard InChI is InChI=1S/C25H27N7O3/c1-15-9-22(35-3)18(10-21(15)31-11-20(27-14-31)17-7-8-17)25(34)30-23-6-4-5-19(29-23)24-26-13-28-32(24)16(2)12-33/h4-6,9-11,13-14,16-17,33H,7-8,12H2,1-3H3,(H,29,30,34)/t16-/m1/s1. The molecule has 10 nitrogen and oxygen atoms in total. The Kier molecular flexibility index (Phi) is 6.04. The Hall–Kier alpha value is -4.05. The van der Waals surface area contributed by atoms with Crippen LogP contribution in [0, 0.1) is 6.92 Å². The molecule has 0 saturated heterocycles. The molecule has 1 fully saturated rings. The van der Waals surface area contributed by atoms with E-state index in [0.717, 1.165) is 16.9 Å². The van der Waals surface area contributed by atoms with E-state index in [9.17, 15) is 9.90 Å². The number of hydrogen-bond donors (Lipinski definition) is 2. The van der Waals surface area contributed by atoms with Gasteiger partial charge in [-0.05, 0) is 56.5 Å². The molecule has 0 aliphatic heterocycles. The third kappa shape index (κ3) is 4.52. The van der Waals surface area contributed by atoms with Gasteiger partial charge in [-0.3, -0.25) is 4.79 Å².